The number of hydrogen-bond acceptors (Lipinski definition) is 2. The summed E-state index contributed by atoms with van der Waals surface area (Å²) in [6, 6.07) is 2.15. The average Bonchev–Trinajstić information content (AvgIpc) is 2.23. The molecule has 0 aromatic carbocycles. The Balaban J connectivity index is 2.07. The lowest BCUT2D eigenvalue weighted by atomic mass is 10.1. The lowest BCUT2D eigenvalue weighted by Gasteiger charge is -2.07. The number of nitrogens with one attached hydrogen (secondary N) is 1. The molecule has 16 heavy (non-hydrogen) atoms. The Morgan fingerprint density at radius 1 is 1.31 bits per heavy atom. The van der Waals surface area contributed by atoms with Gasteiger partial charge in [-0.1, -0.05) is 13.8 Å². The highest BCUT2D eigenvalue weighted by Crippen LogP contribution is 2.11. The van der Waals surface area contributed by atoms with Crippen molar-refractivity contribution in [2.24, 2.45) is 5.92 Å². The van der Waals surface area contributed by atoms with Gasteiger partial charge in [-0.05, 0) is 65.8 Å². The highest BCUT2D eigenvalue weighted by molar-refractivity contribution is 9.10. The third kappa shape index (κ3) is 6.23. The van der Waals surface area contributed by atoms with Gasteiger partial charge in [0, 0.05) is 16.9 Å². The topological polar surface area (TPSA) is 24.9 Å². The van der Waals surface area contributed by atoms with Crippen molar-refractivity contribution in [3.63, 3.8) is 0 Å². The zero-order valence-corrected chi connectivity index (χ0v) is 11.8. The van der Waals surface area contributed by atoms with Crippen LogP contribution in [0.4, 0.5) is 0 Å². The SMILES string of the molecule is CC(C)CNCCCCc1cncc(Br)c1. The number of hydrogen-bond donors (Lipinski definition) is 1. The molecule has 0 fully saturated rings. The van der Waals surface area contributed by atoms with E-state index in [1.54, 1.807) is 0 Å². The molecule has 3 heteroatoms. The quantitative estimate of drug-likeness (QED) is 0.777. The number of rotatable bonds is 7. The lowest BCUT2D eigenvalue weighted by Crippen LogP contribution is -2.20. The molecule has 0 aliphatic carbocycles. The number of nitrogens with zero attached hydrogens (tertiary/aromatic N) is 1. The summed E-state index contributed by atoms with van der Waals surface area (Å²) in [6.07, 6.45) is 7.36. The molecule has 0 amide bonds. The summed E-state index contributed by atoms with van der Waals surface area (Å²) in [5.41, 5.74) is 1.32. The number of unbranched alkanes of at least 4 members (excludes halogenated alkanes) is 1. The van der Waals surface area contributed by atoms with Crippen LogP contribution in [-0.4, -0.2) is 18.1 Å². The summed E-state index contributed by atoms with van der Waals surface area (Å²) in [4.78, 5) is 4.16. The molecule has 2 nitrogen and oxygen atoms in total. The van der Waals surface area contributed by atoms with Crippen molar-refractivity contribution in [1.29, 1.82) is 0 Å². The third-order valence-corrected chi connectivity index (χ3v) is 2.82. The number of aryl methyl sites for hydroxylation is 1. The highest BCUT2D eigenvalue weighted by atomic mass is 79.9. The molecule has 0 saturated heterocycles. The fourth-order valence-electron chi connectivity index (χ4n) is 1.56. The third-order valence-electron chi connectivity index (χ3n) is 2.38. The largest absolute Gasteiger partial charge is 0.316 e. The van der Waals surface area contributed by atoms with E-state index in [-0.39, 0.29) is 0 Å². The van der Waals surface area contributed by atoms with Crippen LogP contribution in [0.1, 0.15) is 32.3 Å². The normalized spacial score (nSPS) is 11.0. The van der Waals surface area contributed by atoms with Crippen molar-refractivity contribution in [3.05, 3.63) is 28.5 Å². The summed E-state index contributed by atoms with van der Waals surface area (Å²) in [5.74, 6) is 0.745. The molecule has 0 atom stereocenters. The van der Waals surface area contributed by atoms with Gasteiger partial charge < -0.3 is 5.32 Å². The van der Waals surface area contributed by atoms with Crippen LogP contribution in [0, 0.1) is 5.92 Å². The first kappa shape index (κ1) is 13.7. The standard InChI is InChI=1S/C13H21BrN2/c1-11(2)8-15-6-4-3-5-12-7-13(14)10-16-9-12/h7,9-11,15H,3-6,8H2,1-2H3. The number of halogens is 1. The Morgan fingerprint density at radius 3 is 2.81 bits per heavy atom. The first-order valence-corrected chi connectivity index (χ1v) is 6.78. The fraction of sp³-hybridized carbons (Fsp3) is 0.615. The molecular formula is C13H21BrN2. The molecule has 0 aliphatic rings. The maximum atomic E-state index is 4.16. The van der Waals surface area contributed by atoms with Crippen molar-refractivity contribution in [2.75, 3.05) is 13.1 Å². The Kier molecular flexibility index (Phi) is 6.65. The van der Waals surface area contributed by atoms with Gasteiger partial charge in [-0.2, -0.15) is 0 Å². The van der Waals surface area contributed by atoms with Gasteiger partial charge in [0.1, 0.15) is 0 Å². The Morgan fingerprint density at radius 2 is 2.12 bits per heavy atom. The molecule has 0 aliphatic heterocycles. The zero-order valence-electron chi connectivity index (χ0n) is 10.2. The van der Waals surface area contributed by atoms with Crippen LogP contribution in [0.2, 0.25) is 0 Å². The zero-order chi connectivity index (χ0) is 11.8. The van der Waals surface area contributed by atoms with E-state index in [0.29, 0.717) is 0 Å². The minimum absolute atomic E-state index is 0.745. The molecule has 0 spiro atoms. The predicted octanol–water partition coefficient (Wildman–Crippen LogP) is 3.41. The molecule has 1 aromatic rings. The molecular weight excluding hydrogens is 264 g/mol. The van der Waals surface area contributed by atoms with Crippen molar-refractivity contribution in [1.82, 2.24) is 10.3 Å². The van der Waals surface area contributed by atoms with Crippen LogP contribution in [0.25, 0.3) is 0 Å². The lowest BCUT2D eigenvalue weighted by molar-refractivity contribution is 0.535. The van der Waals surface area contributed by atoms with Crippen molar-refractivity contribution >= 4 is 15.9 Å². The molecule has 1 aromatic heterocycles. The molecule has 1 heterocycles. The summed E-state index contributed by atoms with van der Waals surface area (Å²) in [7, 11) is 0. The fourth-order valence-corrected chi connectivity index (χ4v) is 1.97. The van der Waals surface area contributed by atoms with E-state index >= 15 is 0 Å². The minimum Gasteiger partial charge on any atom is -0.316 e. The van der Waals surface area contributed by atoms with E-state index < -0.39 is 0 Å². The maximum Gasteiger partial charge on any atom is 0.0410 e. The van der Waals surface area contributed by atoms with Crippen LogP contribution in [0.5, 0.6) is 0 Å². The van der Waals surface area contributed by atoms with Gasteiger partial charge in [0.15, 0.2) is 0 Å². The van der Waals surface area contributed by atoms with E-state index in [2.05, 4.69) is 46.1 Å². The second kappa shape index (κ2) is 7.80. The van der Waals surface area contributed by atoms with Crippen LogP contribution >= 0.6 is 15.9 Å². The van der Waals surface area contributed by atoms with Gasteiger partial charge in [-0.3, -0.25) is 4.98 Å². The smallest absolute Gasteiger partial charge is 0.0410 e. The highest BCUT2D eigenvalue weighted by Gasteiger charge is 1.96. The molecule has 1 rings (SSSR count). The Hall–Kier alpha value is -0.410. The second-order valence-corrected chi connectivity index (χ2v) is 5.48. The Bertz CT molecular complexity index is 300. The van der Waals surface area contributed by atoms with Crippen LogP contribution in [0.15, 0.2) is 22.9 Å². The van der Waals surface area contributed by atoms with Gasteiger partial charge in [0.05, 0.1) is 0 Å². The van der Waals surface area contributed by atoms with Gasteiger partial charge >= 0.3 is 0 Å². The predicted molar refractivity (Wildman–Crippen MR) is 72.6 cm³/mol. The van der Waals surface area contributed by atoms with Gasteiger partial charge in [-0.15, -0.1) is 0 Å². The monoisotopic (exact) mass is 284 g/mol. The second-order valence-electron chi connectivity index (χ2n) is 4.57. The maximum absolute atomic E-state index is 4.16. The summed E-state index contributed by atoms with van der Waals surface area (Å²) >= 11 is 3.44. The van der Waals surface area contributed by atoms with Crippen LogP contribution in [-0.2, 0) is 6.42 Å². The van der Waals surface area contributed by atoms with E-state index in [0.717, 1.165) is 29.9 Å². The van der Waals surface area contributed by atoms with Gasteiger partial charge in [-0.25, -0.2) is 0 Å². The van der Waals surface area contributed by atoms with Crippen LogP contribution in [0.3, 0.4) is 0 Å². The Labute approximate surface area is 107 Å². The molecule has 0 saturated carbocycles. The summed E-state index contributed by atoms with van der Waals surface area (Å²) in [5, 5.41) is 3.46. The summed E-state index contributed by atoms with van der Waals surface area (Å²) < 4.78 is 1.07. The van der Waals surface area contributed by atoms with E-state index in [9.17, 15) is 0 Å². The minimum atomic E-state index is 0.745. The molecule has 0 radical (unpaired) electrons. The summed E-state index contributed by atoms with van der Waals surface area (Å²) in [6.45, 7) is 6.72. The van der Waals surface area contributed by atoms with E-state index in [4.69, 9.17) is 0 Å². The van der Waals surface area contributed by atoms with E-state index in [1.165, 1.54) is 18.4 Å². The molecule has 0 unspecified atom stereocenters. The molecule has 90 valence electrons. The van der Waals surface area contributed by atoms with Crippen LogP contribution < -0.4 is 5.32 Å². The molecule has 1 N–H and O–H groups in total. The first-order valence-electron chi connectivity index (χ1n) is 5.98. The first-order chi connectivity index (χ1) is 7.68. The van der Waals surface area contributed by atoms with Gasteiger partial charge in [0.25, 0.3) is 0 Å². The van der Waals surface area contributed by atoms with Gasteiger partial charge in [0.2, 0.25) is 0 Å². The number of aromatic nitrogens is 1. The van der Waals surface area contributed by atoms with E-state index in [1.807, 2.05) is 12.4 Å². The molecule has 0 bridgehead atoms. The van der Waals surface area contributed by atoms with Crippen molar-refractivity contribution in [2.45, 2.75) is 33.1 Å². The van der Waals surface area contributed by atoms with Crippen molar-refractivity contribution in [3.8, 4) is 0 Å². The van der Waals surface area contributed by atoms with Crippen molar-refractivity contribution < 1.29 is 0 Å². The average molecular weight is 285 g/mol. The number of pyridine rings is 1.